The maximum Gasteiger partial charge on any atom is 0.312 e. The number of aliphatic hydroxyl groups is 1. The first-order valence-corrected chi connectivity index (χ1v) is 14.0. The summed E-state index contributed by atoms with van der Waals surface area (Å²) in [6, 6.07) is -0.786. The topological polar surface area (TPSA) is 96.4 Å². The standard InChI is InChI=1S/C29H48N2O6/c1-8-16-31(28(6,7)19-27(3,4)5)25(34)23-29-15-14-20(37-29)21(26(35)36-9-2)22(29)24(33)30(23)17-12-10-11-13-18-32/h8,20-23,32H,1,9-19H2,2-7H3/t20-,21+,22+,23?,29?/m1/s1. The van der Waals surface area contributed by atoms with E-state index in [1.54, 1.807) is 17.9 Å². The highest BCUT2D eigenvalue weighted by molar-refractivity contribution is 5.98. The van der Waals surface area contributed by atoms with Gasteiger partial charge in [0.15, 0.2) is 0 Å². The van der Waals surface area contributed by atoms with Gasteiger partial charge in [-0.15, -0.1) is 6.58 Å². The van der Waals surface area contributed by atoms with E-state index in [4.69, 9.17) is 14.6 Å². The summed E-state index contributed by atoms with van der Waals surface area (Å²) in [6.07, 6.45) is 6.46. The van der Waals surface area contributed by atoms with E-state index in [1.807, 2.05) is 4.90 Å². The zero-order chi connectivity index (χ0) is 27.6. The summed E-state index contributed by atoms with van der Waals surface area (Å²) >= 11 is 0. The third kappa shape index (κ3) is 5.75. The maximum absolute atomic E-state index is 14.5. The number of rotatable bonds is 13. The molecule has 2 unspecified atom stereocenters. The molecule has 37 heavy (non-hydrogen) atoms. The molecular weight excluding hydrogens is 472 g/mol. The number of carbonyl (C=O) groups excluding carboxylic acids is 3. The molecule has 5 atom stereocenters. The van der Waals surface area contributed by atoms with Crippen LogP contribution in [0.15, 0.2) is 12.7 Å². The summed E-state index contributed by atoms with van der Waals surface area (Å²) in [4.78, 5) is 45.1. The molecule has 1 N–H and O–H groups in total. The highest BCUT2D eigenvalue weighted by atomic mass is 16.6. The minimum atomic E-state index is -1.02. The van der Waals surface area contributed by atoms with Crippen molar-refractivity contribution in [3.05, 3.63) is 12.7 Å². The van der Waals surface area contributed by atoms with Crippen molar-refractivity contribution in [2.24, 2.45) is 17.3 Å². The van der Waals surface area contributed by atoms with E-state index in [-0.39, 0.29) is 30.4 Å². The number of esters is 1. The van der Waals surface area contributed by atoms with Gasteiger partial charge in [-0.25, -0.2) is 0 Å². The molecule has 8 nitrogen and oxygen atoms in total. The van der Waals surface area contributed by atoms with Crippen LogP contribution in [0.5, 0.6) is 0 Å². The van der Waals surface area contributed by atoms with Gasteiger partial charge in [-0.05, 0) is 58.3 Å². The molecule has 2 bridgehead atoms. The Bertz CT molecular complexity index is 865. The molecule has 3 saturated heterocycles. The van der Waals surface area contributed by atoms with E-state index in [1.165, 1.54) is 0 Å². The third-order valence-corrected chi connectivity index (χ3v) is 8.17. The number of nitrogens with zero attached hydrogens (tertiary/aromatic N) is 2. The minimum Gasteiger partial charge on any atom is -0.466 e. The van der Waals surface area contributed by atoms with Gasteiger partial charge in [-0.3, -0.25) is 14.4 Å². The van der Waals surface area contributed by atoms with Gasteiger partial charge >= 0.3 is 5.97 Å². The number of fused-ring (bicyclic) bond motifs is 1. The van der Waals surface area contributed by atoms with Crippen molar-refractivity contribution in [2.45, 2.75) is 110 Å². The first-order valence-electron chi connectivity index (χ1n) is 14.0. The SMILES string of the molecule is C=CCN(C(=O)C1N(CCCCCCO)C(=O)[C@@H]2[C@@H](C(=O)OCC)[C@H]3CCC12O3)C(C)(C)CC(C)(C)C. The molecule has 3 rings (SSSR count). The molecule has 0 radical (unpaired) electrons. The fourth-order valence-corrected chi connectivity index (χ4v) is 7.23. The van der Waals surface area contributed by atoms with Gasteiger partial charge < -0.3 is 24.4 Å². The maximum atomic E-state index is 14.5. The highest BCUT2D eigenvalue weighted by Gasteiger charge is 2.75. The fraction of sp³-hybridized carbons (Fsp3) is 0.828. The van der Waals surface area contributed by atoms with E-state index in [0.717, 1.165) is 25.7 Å². The number of amides is 2. The van der Waals surface area contributed by atoms with Gasteiger partial charge in [0.05, 0.1) is 24.5 Å². The van der Waals surface area contributed by atoms with E-state index >= 15 is 0 Å². The van der Waals surface area contributed by atoms with Gasteiger partial charge in [0, 0.05) is 25.2 Å². The first-order chi connectivity index (χ1) is 17.3. The van der Waals surface area contributed by atoms with Crippen LogP contribution in [0, 0.1) is 17.3 Å². The molecule has 0 aromatic rings. The van der Waals surface area contributed by atoms with Crippen LogP contribution in [-0.4, -0.2) is 82.3 Å². The summed E-state index contributed by atoms with van der Waals surface area (Å²) < 4.78 is 11.9. The second-order valence-corrected chi connectivity index (χ2v) is 12.8. The fourth-order valence-electron chi connectivity index (χ4n) is 7.23. The predicted molar refractivity (Wildman–Crippen MR) is 142 cm³/mol. The Morgan fingerprint density at radius 2 is 1.89 bits per heavy atom. The lowest BCUT2D eigenvalue weighted by atomic mass is 9.70. The van der Waals surface area contributed by atoms with Gasteiger partial charge in [0.2, 0.25) is 11.8 Å². The van der Waals surface area contributed by atoms with Crippen molar-refractivity contribution >= 4 is 17.8 Å². The molecule has 2 amide bonds. The Kier molecular flexibility index (Phi) is 9.16. The monoisotopic (exact) mass is 520 g/mol. The molecule has 8 heteroatoms. The zero-order valence-electron chi connectivity index (χ0n) is 23.8. The van der Waals surface area contributed by atoms with Crippen molar-refractivity contribution in [1.29, 1.82) is 0 Å². The number of unbranched alkanes of at least 4 members (excludes halogenated alkanes) is 3. The lowest BCUT2D eigenvalue weighted by Gasteiger charge is -2.45. The predicted octanol–water partition coefficient (Wildman–Crippen LogP) is 3.71. The summed E-state index contributed by atoms with van der Waals surface area (Å²) in [6.45, 7) is 17.4. The number of likely N-dealkylation sites (tertiary alicyclic amines) is 1. The average molecular weight is 521 g/mol. The summed E-state index contributed by atoms with van der Waals surface area (Å²) in [5, 5.41) is 9.12. The molecule has 3 aliphatic rings. The number of hydrogen-bond donors (Lipinski definition) is 1. The lowest BCUT2D eigenvalue weighted by Crippen LogP contribution is -2.61. The Morgan fingerprint density at radius 3 is 2.49 bits per heavy atom. The highest BCUT2D eigenvalue weighted by Crippen LogP contribution is 2.59. The second-order valence-electron chi connectivity index (χ2n) is 12.8. The molecule has 3 fully saturated rings. The van der Waals surface area contributed by atoms with Crippen LogP contribution in [0.3, 0.4) is 0 Å². The summed E-state index contributed by atoms with van der Waals surface area (Å²) in [5.41, 5.74) is -1.51. The Morgan fingerprint density at radius 1 is 1.22 bits per heavy atom. The molecule has 1 spiro atoms. The van der Waals surface area contributed by atoms with Crippen molar-refractivity contribution in [2.75, 3.05) is 26.3 Å². The second kappa shape index (κ2) is 11.4. The van der Waals surface area contributed by atoms with E-state index in [9.17, 15) is 14.4 Å². The third-order valence-electron chi connectivity index (χ3n) is 8.17. The van der Waals surface area contributed by atoms with Crippen LogP contribution >= 0.6 is 0 Å². The first kappa shape index (κ1) is 29.6. The smallest absolute Gasteiger partial charge is 0.312 e. The lowest BCUT2D eigenvalue weighted by molar-refractivity contribution is -0.155. The number of aliphatic hydroxyl groups excluding tert-OH is 1. The van der Waals surface area contributed by atoms with Crippen LogP contribution in [0.2, 0.25) is 0 Å². The summed E-state index contributed by atoms with van der Waals surface area (Å²) in [7, 11) is 0. The van der Waals surface area contributed by atoms with Gasteiger partial charge in [-0.2, -0.15) is 0 Å². The van der Waals surface area contributed by atoms with Crippen molar-refractivity contribution in [3.8, 4) is 0 Å². The quantitative estimate of drug-likeness (QED) is 0.226. The summed E-state index contributed by atoms with van der Waals surface area (Å²) in [5.74, 6) is -2.09. The number of hydrogen-bond acceptors (Lipinski definition) is 6. The molecular formula is C29H48N2O6. The van der Waals surface area contributed by atoms with E-state index in [0.29, 0.717) is 32.4 Å². The molecule has 210 valence electrons. The van der Waals surface area contributed by atoms with Crippen LogP contribution in [0.1, 0.15) is 86.5 Å². The normalized spacial score (nSPS) is 28.9. The van der Waals surface area contributed by atoms with Crippen molar-refractivity contribution in [1.82, 2.24) is 9.80 Å². The molecule has 0 saturated carbocycles. The molecule has 3 heterocycles. The van der Waals surface area contributed by atoms with Gasteiger partial charge in [-0.1, -0.05) is 39.7 Å². The minimum absolute atomic E-state index is 0.0147. The van der Waals surface area contributed by atoms with Crippen LogP contribution < -0.4 is 0 Å². The molecule has 0 aromatic heterocycles. The molecule has 0 aromatic carbocycles. The van der Waals surface area contributed by atoms with Crippen molar-refractivity contribution < 1.29 is 29.0 Å². The van der Waals surface area contributed by atoms with E-state index < -0.39 is 41.1 Å². The number of carbonyl (C=O) groups is 3. The van der Waals surface area contributed by atoms with Crippen LogP contribution in [0.25, 0.3) is 0 Å². The molecule has 0 aliphatic carbocycles. The van der Waals surface area contributed by atoms with Crippen LogP contribution in [-0.2, 0) is 23.9 Å². The van der Waals surface area contributed by atoms with Gasteiger partial charge in [0.1, 0.15) is 11.6 Å². The number of ether oxygens (including phenoxy) is 2. The Balaban J connectivity index is 1.99. The van der Waals surface area contributed by atoms with Crippen molar-refractivity contribution in [3.63, 3.8) is 0 Å². The van der Waals surface area contributed by atoms with Crippen LogP contribution in [0.4, 0.5) is 0 Å². The van der Waals surface area contributed by atoms with E-state index in [2.05, 4.69) is 41.2 Å². The van der Waals surface area contributed by atoms with Gasteiger partial charge in [0.25, 0.3) is 0 Å². The zero-order valence-corrected chi connectivity index (χ0v) is 23.8. The molecule has 3 aliphatic heterocycles. The average Bonchev–Trinajstić information content (AvgIpc) is 3.43. The Labute approximate surface area is 222 Å². The Hall–Kier alpha value is -1.93. The largest absolute Gasteiger partial charge is 0.466 e.